The molecule has 0 fully saturated rings. The molecule has 0 atom stereocenters. The molecule has 0 aromatic carbocycles. The molecule has 0 aliphatic carbocycles. The van der Waals surface area contributed by atoms with Crippen molar-refractivity contribution < 1.29 is 9.53 Å². The Balaban J connectivity index is 0. The van der Waals surface area contributed by atoms with Crippen molar-refractivity contribution in [3.63, 3.8) is 0 Å². The number of unbranched alkanes of at least 4 members (excludes halogenated alkanes) is 1. The number of guanidine groups is 1. The summed E-state index contributed by atoms with van der Waals surface area (Å²) in [5, 5.41) is 3.20. The highest BCUT2D eigenvalue weighted by molar-refractivity contribution is 14.0. The van der Waals surface area contributed by atoms with E-state index in [2.05, 4.69) is 26.5 Å². The summed E-state index contributed by atoms with van der Waals surface area (Å²) in [4.78, 5) is 17.4. The average Bonchev–Trinajstić information content (AvgIpc) is 2.37. The van der Waals surface area contributed by atoms with Gasteiger partial charge in [-0.2, -0.15) is 0 Å². The summed E-state index contributed by atoms with van der Waals surface area (Å²) in [6.07, 6.45) is 4.26. The molecule has 112 valence electrons. The van der Waals surface area contributed by atoms with Crippen LogP contribution in [0.5, 0.6) is 0 Å². The third kappa shape index (κ3) is 10.8. The van der Waals surface area contributed by atoms with Crippen LogP contribution >= 0.6 is 24.0 Å². The minimum absolute atomic E-state index is 0. The Bertz CT molecular complexity index is 283. The normalized spacial score (nSPS) is 10.4. The molecule has 0 spiro atoms. The molecular weight excluding hydrogens is 357 g/mol. The van der Waals surface area contributed by atoms with Gasteiger partial charge in [0.05, 0.1) is 20.1 Å². The first-order valence-corrected chi connectivity index (χ1v) is 6.32. The lowest BCUT2D eigenvalue weighted by molar-refractivity contribution is -0.140. The van der Waals surface area contributed by atoms with Crippen molar-refractivity contribution >= 4 is 35.9 Å². The van der Waals surface area contributed by atoms with Crippen molar-refractivity contribution in [2.75, 3.05) is 33.8 Å². The van der Waals surface area contributed by atoms with Gasteiger partial charge in [-0.05, 0) is 19.8 Å². The minimum Gasteiger partial charge on any atom is -0.469 e. The average molecular weight is 383 g/mol. The van der Waals surface area contributed by atoms with Crippen LogP contribution in [-0.4, -0.2) is 50.6 Å². The van der Waals surface area contributed by atoms with Crippen LogP contribution in [0.1, 0.15) is 26.2 Å². The van der Waals surface area contributed by atoms with Crippen LogP contribution in [0.15, 0.2) is 17.6 Å². The molecule has 0 aliphatic rings. The van der Waals surface area contributed by atoms with Crippen LogP contribution in [0.4, 0.5) is 0 Å². The maximum Gasteiger partial charge on any atom is 0.307 e. The van der Waals surface area contributed by atoms with Crippen molar-refractivity contribution in [3.05, 3.63) is 12.7 Å². The monoisotopic (exact) mass is 383 g/mol. The van der Waals surface area contributed by atoms with Gasteiger partial charge in [-0.25, -0.2) is 0 Å². The Kier molecular flexibility index (Phi) is 14.7. The van der Waals surface area contributed by atoms with Crippen LogP contribution in [0.3, 0.4) is 0 Å². The molecule has 0 radical (unpaired) electrons. The van der Waals surface area contributed by atoms with E-state index in [0.29, 0.717) is 13.0 Å². The molecule has 19 heavy (non-hydrogen) atoms. The van der Waals surface area contributed by atoms with Gasteiger partial charge in [0.2, 0.25) is 0 Å². The number of carbonyl (C=O) groups excluding carboxylic acids is 1. The van der Waals surface area contributed by atoms with Gasteiger partial charge in [-0.3, -0.25) is 9.79 Å². The lowest BCUT2D eigenvalue weighted by Gasteiger charge is -2.21. The number of halogens is 1. The largest absolute Gasteiger partial charge is 0.469 e. The summed E-state index contributed by atoms with van der Waals surface area (Å²) in [5.74, 6) is 0.592. The molecule has 6 heteroatoms. The molecule has 0 unspecified atom stereocenters. The van der Waals surface area contributed by atoms with E-state index in [1.165, 1.54) is 7.11 Å². The zero-order chi connectivity index (χ0) is 13.8. The number of nitrogens with zero attached hydrogens (tertiary/aromatic N) is 2. The van der Waals surface area contributed by atoms with Gasteiger partial charge in [-0.1, -0.05) is 6.08 Å². The zero-order valence-electron chi connectivity index (χ0n) is 12.1. The summed E-state index contributed by atoms with van der Waals surface area (Å²) in [7, 11) is 3.38. The van der Waals surface area contributed by atoms with Crippen LogP contribution in [-0.2, 0) is 9.53 Å². The van der Waals surface area contributed by atoms with Crippen LogP contribution in [0, 0.1) is 0 Å². The Hall–Kier alpha value is -0.790. The summed E-state index contributed by atoms with van der Waals surface area (Å²) in [5.41, 5.74) is 0. The van der Waals surface area contributed by atoms with Gasteiger partial charge < -0.3 is 15.0 Å². The topological polar surface area (TPSA) is 53.9 Å². The molecular formula is C13H26IN3O2. The molecule has 0 bridgehead atoms. The summed E-state index contributed by atoms with van der Waals surface area (Å²) in [6, 6.07) is 0. The summed E-state index contributed by atoms with van der Waals surface area (Å²) in [6.45, 7) is 7.89. The fraction of sp³-hybridized carbons (Fsp3) is 0.692. The number of hydrogen-bond donors (Lipinski definition) is 1. The van der Waals surface area contributed by atoms with Gasteiger partial charge in [0.15, 0.2) is 5.96 Å². The highest BCUT2D eigenvalue weighted by atomic mass is 127. The lowest BCUT2D eigenvalue weighted by atomic mass is 10.3. The molecule has 0 rings (SSSR count). The molecule has 0 saturated carbocycles. The molecule has 0 aromatic rings. The van der Waals surface area contributed by atoms with E-state index in [1.807, 2.05) is 20.0 Å². The number of hydrogen-bond acceptors (Lipinski definition) is 3. The fourth-order valence-corrected chi connectivity index (χ4v) is 1.40. The van der Waals surface area contributed by atoms with Gasteiger partial charge in [-0.15, -0.1) is 30.6 Å². The first-order chi connectivity index (χ1) is 8.65. The molecule has 1 N–H and O–H groups in total. The van der Waals surface area contributed by atoms with Crippen LogP contribution in [0.2, 0.25) is 0 Å². The second-order valence-electron chi connectivity index (χ2n) is 3.91. The molecule has 5 nitrogen and oxygen atoms in total. The van der Waals surface area contributed by atoms with Crippen molar-refractivity contribution in [2.24, 2.45) is 4.99 Å². The number of carbonyl (C=O) groups is 1. The Morgan fingerprint density at radius 1 is 1.53 bits per heavy atom. The van der Waals surface area contributed by atoms with Gasteiger partial charge in [0, 0.05) is 20.1 Å². The minimum atomic E-state index is -0.232. The van der Waals surface area contributed by atoms with Crippen molar-refractivity contribution in [3.8, 4) is 0 Å². The summed E-state index contributed by atoms with van der Waals surface area (Å²) >= 11 is 0. The summed E-state index contributed by atoms with van der Waals surface area (Å²) < 4.78 is 4.58. The Labute approximate surface area is 133 Å². The van der Waals surface area contributed by atoms with Gasteiger partial charge in [0.25, 0.3) is 0 Å². The standard InChI is InChI=1S/C13H25N3O2.HI/c1-5-7-8-11-16(3)13(14-6-2)15-10-9-12(17)18-4;/h5H,1,6-11H2,2-4H3,(H,14,15);1H. The molecule has 0 saturated heterocycles. The van der Waals surface area contributed by atoms with E-state index in [1.54, 1.807) is 0 Å². The number of aliphatic imine (C=N–C) groups is 1. The lowest BCUT2D eigenvalue weighted by Crippen LogP contribution is -2.39. The maximum atomic E-state index is 11.0. The fourth-order valence-electron chi connectivity index (χ4n) is 1.40. The first-order valence-electron chi connectivity index (χ1n) is 6.32. The number of nitrogens with one attached hydrogen (secondary N) is 1. The van der Waals surface area contributed by atoms with E-state index < -0.39 is 0 Å². The second-order valence-corrected chi connectivity index (χ2v) is 3.91. The van der Waals surface area contributed by atoms with E-state index in [9.17, 15) is 4.79 Å². The van der Waals surface area contributed by atoms with E-state index in [0.717, 1.165) is 31.9 Å². The zero-order valence-corrected chi connectivity index (χ0v) is 14.5. The molecule has 0 heterocycles. The third-order valence-corrected chi connectivity index (χ3v) is 2.40. The quantitative estimate of drug-likeness (QED) is 0.174. The molecule has 0 aromatic heterocycles. The van der Waals surface area contributed by atoms with E-state index in [-0.39, 0.29) is 29.9 Å². The molecule has 0 aliphatic heterocycles. The Morgan fingerprint density at radius 3 is 2.74 bits per heavy atom. The third-order valence-electron chi connectivity index (χ3n) is 2.40. The Morgan fingerprint density at radius 2 is 2.21 bits per heavy atom. The first kappa shape index (κ1) is 20.5. The maximum absolute atomic E-state index is 11.0. The van der Waals surface area contributed by atoms with Crippen LogP contribution in [0.25, 0.3) is 0 Å². The smallest absolute Gasteiger partial charge is 0.307 e. The van der Waals surface area contributed by atoms with E-state index >= 15 is 0 Å². The van der Waals surface area contributed by atoms with Crippen molar-refractivity contribution in [2.45, 2.75) is 26.2 Å². The number of allylic oxidation sites excluding steroid dienone is 1. The predicted molar refractivity (Wildman–Crippen MR) is 90.1 cm³/mol. The molecule has 0 amide bonds. The highest BCUT2D eigenvalue weighted by Crippen LogP contribution is 1.95. The number of rotatable bonds is 8. The highest BCUT2D eigenvalue weighted by Gasteiger charge is 2.05. The predicted octanol–water partition coefficient (Wildman–Crippen LogP) is 2.03. The van der Waals surface area contributed by atoms with E-state index in [4.69, 9.17) is 0 Å². The number of methoxy groups -OCH3 is 1. The van der Waals surface area contributed by atoms with Crippen LogP contribution < -0.4 is 5.32 Å². The van der Waals surface area contributed by atoms with Gasteiger partial charge >= 0.3 is 5.97 Å². The van der Waals surface area contributed by atoms with Gasteiger partial charge in [0.1, 0.15) is 0 Å². The SMILES string of the molecule is C=CCCCN(C)C(=NCCC(=O)OC)NCC.I. The van der Waals surface area contributed by atoms with Crippen molar-refractivity contribution in [1.82, 2.24) is 10.2 Å². The number of esters is 1. The number of ether oxygens (including phenoxy) is 1. The van der Waals surface area contributed by atoms with Crippen molar-refractivity contribution in [1.29, 1.82) is 0 Å². The second kappa shape index (κ2) is 13.6.